The van der Waals surface area contributed by atoms with E-state index in [0.717, 1.165) is 17.0 Å². The van der Waals surface area contributed by atoms with Crippen LogP contribution in [0.5, 0.6) is 0 Å². The van der Waals surface area contributed by atoms with E-state index in [2.05, 4.69) is 36.2 Å². The average Bonchev–Trinajstić information content (AvgIpc) is 3.05. The number of hydrogen-bond donors (Lipinski definition) is 1. The highest BCUT2D eigenvalue weighted by atomic mass is 35.5. The Morgan fingerprint density at radius 3 is 2.50 bits per heavy atom. The van der Waals surface area contributed by atoms with Gasteiger partial charge in [0.05, 0.1) is 11.4 Å². The third-order valence-electron chi connectivity index (χ3n) is 3.94. The summed E-state index contributed by atoms with van der Waals surface area (Å²) in [6, 6.07) is 15.0. The highest BCUT2D eigenvalue weighted by Crippen LogP contribution is 2.21. The van der Waals surface area contributed by atoms with Crippen LogP contribution in [0.4, 0.5) is 0 Å². The van der Waals surface area contributed by atoms with Gasteiger partial charge in [0, 0.05) is 16.1 Å². The molecule has 1 heterocycles. The second kappa shape index (κ2) is 6.85. The zero-order valence-electron chi connectivity index (χ0n) is 13.5. The molecule has 2 aromatic carbocycles. The van der Waals surface area contributed by atoms with Gasteiger partial charge in [-0.1, -0.05) is 23.7 Å². The number of allylic oxidation sites excluding steroid dienone is 1. The largest absolute Gasteiger partial charge is 0.289 e. The zero-order chi connectivity index (χ0) is 17.1. The summed E-state index contributed by atoms with van der Waals surface area (Å²) in [4.78, 5) is 12.1. The molecular weight excluding hydrogens is 320 g/mol. The monoisotopic (exact) mass is 336 g/mol. The van der Waals surface area contributed by atoms with Crippen LogP contribution in [-0.4, -0.2) is 16.0 Å². The summed E-state index contributed by atoms with van der Waals surface area (Å²) in [7, 11) is 0. The number of H-pyrrole nitrogens is 1. The van der Waals surface area contributed by atoms with Crippen LogP contribution in [-0.2, 0) is 0 Å². The summed E-state index contributed by atoms with van der Waals surface area (Å²) in [5, 5.41) is 7.87. The molecule has 0 aliphatic heterocycles. The molecule has 0 amide bonds. The molecule has 0 saturated heterocycles. The average molecular weight is 337 g/mol. The van der Waals surface area contributed by atoms with Gasteiger partial charge in [0.2, 0.25) is 0 Å². The van der Waals surface area contributed by atoms with Gasteiger partial charge in [0.15, 0.2) is 5.78 Å². The van der Waals surface area contributed by atoms with Crippen molar-refractivity contribution >= 4 is 23.5 Å². The minimum atomic E-state index is -0.0750. The van der Waals surface area contributed by atoms with Crippen molar-refractivity contribution < 1.29 is 4.79 Å². The second-order valence-corrected chi connectivity index (χ2v) is 6.15. The van der Waals surface area contributed by atoms with Crippen LogP contribution in [0.25, 0.3) is 17.3 Å². The van der Waals surface area contributed by atoms with Gasteiger partial charge in [-0.05, 0) is 73.5 Å². The molecule has 3 aromatic rings. The fourth-order valence-electron chi connectivity index (χ4n) is 2.35. The van der Waals surface area contributed by atoms with Gasteiger partial charge in [-0.25, -0.2) is 0 Å². The quantitative estimate of drug-likeness (QED) is 0.523. The van der Waals surface area contributed by atoms with Gasteiger partial charge in [-0.15, -0.1) is 0 Å². The van der Waals surface area contributed by atoms with Crippen molar-refractivity contribution in [2.75, 3.05) is 0 Å². The number of aryl methyl sites for hydroxylation is 2. The third kappa shape index (κ3) is 3.63. The second-order valence-electron chi connectivity index (χ2n) is 5.71. The minimum Gasteiger partial charge on any atom is -0.289 e. The fraction of sp³-hybridized carbons (Fsp3) is 0.100. The van der Waals surface area contributed by atoms with Gasteiger partial charge < -0.3 is 0 Å². The molecule has 0 bridgehead atoms. The highest BCUT2D eigenvalue weighted by molar-refractivity contribution is 6.30. The maximum atomic E-state index is 12.1. The number of nitrogens with zero attached hydrogens (tertiary/aromatic N) is 1. The summed E-state index contributed by atoms with van der Waals surface area (Å²) in [6.45, 7) is 4.16. The van der Waals surface area contributed by atoms with E-state index in [9.17, 15) is 4.79 Å². The summed E-state index contributed by atoms with van der Waals surface area (Å²) in [6.07, 6.45) is 3.26. The topological polar surface area (TPSA) is 45.8 Å². The van der Waals surface area contributed by atoms with Crippen molar-refractivity contribution in [2.45, 2.75) is 13.8 Å². The van der Waals surface area contributed by atoms with Crippen LogP contribution in [0.1, 0.15) is 27.2 Å². The molecule has 1 aromatic heterocycles. The molecule has 0 atom stereocenters. The van der Waals surface area contributed by atoms with Crippen LogP contribution < -0.4 is 0 Å². The summed E-state index contributed by atoms with van der Waals surface area (Å²) in [5.41, 5.74) is 5.78. The van der Waals surface area contributed by atoms with Crippen molar-refractivity contribution in [3.8, 4) is 11.3 Å². The summed E-state index contributed by atoms with van der Waals surface area (Å²) >= 11 is 5.83. The maximum absolute atomic E-state index is 12.1. The third-order valence-corrected chi connectivity index (χ3v) is 4.20. The smallest absolute Gasteiger partial charge is 0.185 e. The molecule has 1 N–H and O–H groups in total. The maximum Gasteiger partial charge on any atom is 0.185 e. The van der Waals surface area contributed by atoms with Crippen molar-refractivity contribution in [1.82, 2.24) is 10.2 Å². The fourth-order valence-corrected chi connectivity index (χ4v) is 2.47. The Balaban J connectivity index is 1.77. The predicted octanol–water partition coefficient (Wildman–Crippen LogP) is 5.24. The molecule has 3 nitrogen and oxygen atoms in total. The van der Waals surface area contributed by atoms with Gasteiger partial charge in [0.25, 0.3) is 0 Å². The van der Waals surface area contributed by atoms with Crippen molar-refractivity contribution in [2.24, 2.45) is 0 Å². The molecule has 0 fully saturated rings. The molecule has 24 heavy (non-hydrogen) atoms. The van der Waals surface area contributed by atoms with Gasteiger partial charge in [0.1, 0.15) is 0 Å². The first-order valence-corrected chi connectivity index (χ1v) is 8.02. The number of nitrogens with one attached hydrogen (secondary N) is 1. The van der Waals surface area contributed by atoms with Crippen LogP contribution in [0.2, 0.25) is 5.02 Å². The molecule has 3 rings (SSSR count). The van der Waals surface area contributed by atoms with Crippen molar-refractivity contribution in [3.63, 3.8) is 0 Å². The Hall–Kier alpha value is -2.65. The molecule has 0 radical (unpaired) electrons. The lowest BCUT2D eigenvalue weighted by Crippen LogP contribution is -1.93. The molecular formula is C20H17ClN2O. The molecule has 4 heteroatoms. The Kier molecular flexibility index (Phi) is 4.63. The number of rotatable bonds is 4. The highest BCUT2D eigenvalue weighted by Gasteiger charge is 2.05. The normalized spacial score (nSPS) is 11.1. The zero-order valence-corrected chi connectivity index (χ0v) is 14.3. The SMILES string of the molecule is Cc1ccc(-c2cc(C=CC(=O)c3ccc(Cl)cc3)[nH]n2)cc1C. The molecule has 0 aliphatic rings. The first kappa shape index (κ1) is 16.2. The van der Waals surface area contributed by atoms with Crippen LogP contribution in [0, 0.1) is 13.8 Å². The van der Waals surface area contributed by atoms with Crippen LogP contribution in [0.3, 0.4) is 0 Å². The summed E-state index contributed by atoms with van der Waals surface area (Å²) < 4.78 is 0. The van der Waals surface area contributed by atoms with E-state index in [-0.39, 0.29) is 5.78 Å². The van der Waals surface area contributed by atoms with E-state index in [1.165, 1.54) is 17.2 Å². The molecule has 120 valence electrons. The van der Waals surface area contributed by atoms with E-state index < -0.39 is 0 Å². The summed E-state index contributed by atoms with van der Waals surface area (Å²) in [5.74, 6) is -0.0750. The van der Waals surface area contributed by atoms with E-state index in [1.807, 2.05) is 12.1 Å². The molecule has 0 saturated carbocycles. The number of carbonyl (C=O) groups is 1. The van der Waals surface area contributed by atoms with E-state index in [4.69, 9.17) is 11.6 Å². The lowest BCUT2D eigenvalue weighted by atomic mass is 10.0. The van der Waals surface area contributed by atoms with Crippen molar-refractivity contribution in [1.29, 1.82) is 0 Å². The molecule has 0 aliphatic carbocycles. The first-order valence-electron chi connectivity index (χ1n) is 7.64. The number of halogens is 1. The number of carbonyl (C=O) groups excluding carboxylic acids is 1. The number of hydrogen-bond acceptors (Lipinski definition) is 2. The number of aromatic nitrogens is 2. The lowest BCUT2D eigenvalue weighted by molar-refractivity contribution is 0.104. The van der Waals surface area contributed by atoms with Gasteiger partial charge in [-0.3, -0.25) is 9.89 Å². The van der Waals surface area contributed by atoms with Gasteiger partial charge in [-0.2, -0.15) is 5.10 Å². The molecule has 0 spiro atoms. The number of benzene rings is 2. The Morgan fingerprint density at radius 2 is 1.79 bits per heavy atom. The first-order chi connectivity index (χ1) is 11.5. The van der Waals surface area contributed by atoms with Crippen LogP contribution >= 0.6 is 11.6 Å². The standard InChI is InChI=1S/C20H17ClN2O/c1-13-3-4-16(11-14(13)2)19-12-18(22-23-19)9-10-20(24)15-5-7-17(21)8-6-15/h3-12H,1-2H3,(H,22,23). The lowest BCUT2D eigenvalue weighted by Gasteiger charge is -2.01. The van der Waals surface area contributed by atoms with Crippen molar-refractivity contribution in [3.05, 3.63) is 82.0 Å². The van der Waals surface area contributed by atoms with E-state index in [1.54, 1.807) is 30.3 Å². The number of ketones is 1. The minimum absolute atomic E-state index is 0.0750. The predicted molar refractivity (Wildman–Crippen MR) is 98.3 cm³/mol. The van der Waals surface area contributed by atoms with Crippen LogP contribution in [0.15, 0.2) is 54.6 Å². The Bertz CT molecular complexity index is 908. The Labute approximate surface area is 146 Å². The Morgan fingerprint density at radius 1 is 1.04 bits per heavy atom. The number of aromatic amines is 1. The van der Waals surface area contributed by atoms with Gasteiger partial charge >= 0.3 is 0 Å². The van der Waals surface area contributed by atoms with E-state index in [0.29, 0.717) is 10.6 Å². The molecule has 0 unspecified atom stereocenters. The van der Waals surface area contributed by atoms with E-state index >= 15 is 0 Å².